The number of likely N-dealkylation sites (tertiary alicyclic amines) is 1. The van der Waals surface area contributed by atoms with Crippen molar-refractivity contribution in [3.8, 4) is 0 Å². The summed E-state index contributed by atoms with van der Waals surface area (Å²) in [5.41, 5.74) is 0.170. The Labute approximate surface area is 138 Å². The van der Waals surface area contributed by atoms with Crippen molar-refractivity contribution >= 4 is 5.91 Å². The zero-order chi connectivity index (χ0) is 15.9. The van der Waals surface area contributed by atoms with Gasteiger partial charge in [-0.15, -0.1) is 0 Å². The minimum absolute atomic E-state index is 0.170. The van der Waals surface area contributed by atoms with Crippen molar-refractivity contribution in [3.63, 3.8) is 0 Å². The van der Waals surface area contributed by atoms with Gasteiger partial charge in [-0.1, -0.05) is 0 Å². The zero-order valence-corrected chi connectivity index (χ0v) is 14.2. The minimum Gasteiger partial charge on any atom is -0.381 e. The molecule has 4 aliphatic rings. The van der Waals surface area contributed by atoms with Crippen LogP contribution in [0.5, 0.6) is 0 Å². The number of nitrogens with zero attached hydrogens (tertiary/aromatic N) is 3. The highest BCUT2D eigenvalue weighted by atomic mass is 16.5. The lowest BCUT2D eigenvalue weighted by Crippen LogP contribution is -2.81. The van der Waals surface area contributed by atoms with Gasteiger partial charge in [0.05, 0.1) is 24.8 Å². The van der Waals surface area contributed by atoms with Crippen molar-refractivity contribution in [3.05, 3.63) is 0 Å². The maximum Gasteiger partial charge on any atom is 0.219 e. The molecule has 0 aromatic rings. The van der Waals surface area contributed by atoms with Gasteiger partial charge in [0, 0.05) is 59.4 Å². The molecule has 1 amide bonds. The number of carbonyl (C=O) groups excluding carboxylic acids is 1. The van der Waals surface area contributed by atoms with Crippen LogP contribution >= 0.6 is 0 Å². The lowest BCUT2D eigenvalue weighted by Gasteiger charge is -2.63. The second kappa shape index (κ2) is 6.31. The van der Waals surface area contributed by atoms with Crippen LogP contribution in [0.25, 0.3) is 0 Å². The molecule has 4 heterocycles. The van der Waals surface area contributed by atoms with E-state index in [0.29, 0.717) is 6.04 Å². The number of amides is 1. The molecule has 1 spiro atoms. The molecule has 4 fully saturated rings. The highest BCUT2D eigenvalue weighted by Crippen LogP contribution is 2.36. The standard InChI is InChI=1S/C17H29N3O3/c1-14(21)19-9-16-10-23-7-4-20(16)17(13-19)11-18(12-17)8-15-2-5-22-6-3-15/h15-16H,2-13H2,1H3/t16-/m1/s1. The first-order valence-corrected chi connectivity index (χ1v) is 9.06. The molecular formula is C17H29N3O3. The summed E-state index contributed by atoms with van der Waals surface area (Å²) in [7, 11) is 0. The summed E-state index contributed by atoms with van der Waals surface area (Å²) in [5.74, 6) is 0.992. The zero-order valence-electron chi connectivity index (χ0n) is 14.2. The summed E-state index contributed by atoms with van der Waals surface area (Å²) < 4.78 is 11.1. The van der Waals surface area contributed by atoms with Crippen LogP contribution in [0.2, 0.25) is 0 Å². The molecule has 6 heteroatoms. The highest BCUT2D eigenvalue weighted by Gasteiger charge is 2.54. The number of morpholine rings is 1. The molecule has 0 aromatic carbocycles. The van der Waals surface area contributed by atoms with Gasteiger partial charge < -0.3 is 14.4 Å². The summed E-state index contributed by atoms with van der Waals surface area (Å²) in [6.07, 6.45) is 2.40. The number of ether oxygens (including phenoxy) is 2. The van der Waals surface area contributed by atoms with Crippen LogP contribution in [0.4, 0.5) is 0 Å². The molecule has 6 nitrogen and oxygen atoms in total. The summed E-state index contributed by atoms with van der Waals surface area (Å²) in [4.78, 5) is 19.2. The average Bonchev–Trinajstić information content (AvgIpc) is 2.54. The molecule has 1 atom stereocenters. The molecular weight excluding hydrogens is 294 g/mol. The molecule has 4 rings (SSSR count). The van der Waals surface area contributed by atoms with Crippen LogP contribution in [0.15, 0.2) is 0 Å². The van der Waals surface area contributed by atoms with Crippen molar-refractivity contribution in [1.29, 1.82) is 0 Å². The Morgan fingerprint density at radius 1 is 1.13 bits per heavy atom. The van der Waals surface area contributed by atoms with E-state index in [1.54, 1.807) is 6.92 Å². The molecule has 0 aliphatic carbocycles. The Morgan fingerprint density at radius 2 is 1.91 bits per heavy atom. The van der Waals surface area contributed by atoms with Crippen molar-refractivity contribution in [1.82, 2.24) is 14.7 Å². The van der Waals surface area contributed by atoms with Gasteiger partial charge >= 0.3 is 0 Å². The number of rotatable bonds is 2. The van der Waals surface area contributed by atoms with E-state index in [4.69, 9.17) is 9.47 Å². The fourth-order valence-corrected chi connectivity index (χ4v) is 4.93. The van der Waals surface area contributed by atoms with Crippen LogP contribution in [0.3, 0.4) is 0 Å². The second-order valence-corrected chi connectivity index (χ2v) is 7.77. The van der Waals surface area contributed by atoms with Crippen molar-refractivity contribution in [2.45, 2.75) is 31.3 Å². The largest absolute Gasteiger partial charge is 0.381 e. The third-order valence-corrected chi connectivity index (χ3v) is 6.09. The number of piperazine rings is 1. The normalized spacial score (nSPS) is 32.6. The summed E-state index contributed by atoms with van der Waals surface area (Å²) in [5, 5.41) is 0. The van der Waals surface area contributed by atoms with E-state index in [1.165, 1.54) is 19.4 Å². The molecule has 0 N–H and O–H groups in total. The average molecular weight is 323 g/mol. The molecule has 0 bridgehead atoms. The van der Waals surface area contributed by atoms with E-state index >= 15 is 0 Å². The molecule has 130 valence electrons. The van der Waals surface area contributed by atoms with E-state index < -0.39 is 0 Å². The van der Waals surface area contributed by atoms with Gasteiger partial charge in [-0.05, 0) is 18.8 Å². The molecule has 4 saturated heterocycles. The quantitative estimate of drug-likeness (QED) is 0.717. The van der Waals surface area contributed by atoms with Crippen molar-refractivity contribution in [2.24, 2.45) is 5.92 Å². The summed E-state index contributed by atoms with van der Waals surface area (Å²) >= 11 is 0. The Kier molecular flexibility index (Phi) is 4.34. The predicted molar refractivity (Wildman–Crippen MR) is 86.3 cm³/mol. The van der Waals surface area contributed by atoms with Crippen LogP contribution in [-0.2, 0) is 14.3 Å². The predicted octanol–water partition coefficient (Wildman–Crippen LogP) is 0.0303. The first-order chi connectivity index (χ1) is 11.2. The monoisotopic (exact) mass is 323 g/mol. The third kappa shape index (κ3) is 3.02. The Balaban J connectivity index is 1.40. The Hall–Kier alpha value is -0.690. The van der Waals surface area contributed by atoms with Gasteiger partial charge in [-0.25, -0.2) is 0 Å². The SMILES string of the molecule is CC(=O)N1C[C@@H]2COCCN2C2(CN(CC3CCOCC3)C2)C1. The van der Waals surface area contributed by atoms with E-state index in [9.17, 15) is 4.79 Å². The van der Waals surface area contributed by atoms with Crippen LogP contribution in [0.1, 0.15) is 19.8 Å². The smallest absolute Gasteiger partial charge is 0.219 e. The maximum absolute atomic E-state index is 11.9. The third-order valence-electron chi connectivity index (χ3n) is 6.09. The molecule has 0 aromatic heterocycles. The molecule has 23 heavy (non-hydrogen) atoms. The van der Waals surface area contributed by atoms with Gasteiger partial charge in [0.1, 0.15) is 0 Å². The topological polar surface area (TPSA) is 45.2 Å². The summed E-state index contributed by atoms with van der Waals surface area (Å²) in [6.45, 7) is 11.3. The number of hydrogen-bond donors (Lipinski definition) is 0. The van der Waals surface area contributed by atoms with Crippen LogP contribution in [-0.4, -0.2) is 97.9 Å². The van der Waals surface area contributed by atoms with Crippen molar-refractivity contribution in [2.75, 3.05) is 65.7 Å². The fourth-order valence-electron chi connectivity index (χ4n) is 4.93. The van der Waals surface area contributed by atoms with Gasteiger partial charge in [-0.2, -0.15) is 0 Å². The van der Waals surface area contributed by atoms with E-state index in [2.05, 4.69) is 9.80 Å². The van der Waals surface area contributed by atoms with Crippen LogP contribution < -0.4 is 0 Å². The Morgan fingerprint density at radius 3 is 2.65 bits per heavy atom. The molecule has 0 radical (unpaired) electrons. The number of carbonyl (C=O) groups is 1. The molecule has 4 aliphatic heterocycles. The van der Waals surface area contributed by atoms with Gasteiger partial charge in [-0.3, -0.25) is 14.6 Å². The van der Waals surface area contributed by atoms with Gasteiger partial charge in [0.2, 0.25) is 5.91 Å². The van der Waals surface area contributed by atoms with Gasteiger partial charge in [0.25, 0.3) is 0 Å². The highest BCUT2D eigenvalue weighted by molar-refractivity contribution is 5.73. The maximum atomic E-state index is 11.9. The molecule has 0 unspecified atom stereocenters. The first-order valence-electron chi connectivity index (χ1n) is 9.06. The second-order valence-electron chi connectivity index (χ2n) is 7.77. The van der Waals surface area contributed by atoms with Gasteiger partial charge in [0.15, 0.2) is 0 Å². The molecule has 0 saturated carbocycles. The fraction of sp³-hybridized carbons (Fsp3) is 0.941. The number of fused-ring (bicyclic) bond motifs is 2. The lowest BCUT2D eigenvalue weighted by molar-refractivity contribution is -0.175. The van der Waals surface area contributed by atoms with Crippen molar-refractivity contribution < 1.29 is 14.3 Å². The first kappa shape index (κ1) is 15.8. The summed E-state index contributed by atoms with van der Waals surface area (Å²) in [6, 6.07) is 0.381. The van der Waals surface area contributed by atoms with Crippen LogP contribution in [0, 0.1) is 5.92 Å². The van der Waals surface area contributed by atoms with E-state index in [1.807, 2.05) is 4.90 Å². The number of hydrogen-bond acceptors (Lipinski definition) is 5. The lowest BCUT2D eigenvalue weighted by atomic mass is 9.81. The van der Waals surface area contributed by atoms with E-state index in [0.717, 1.165) is 65.1 Å². The Bertz CT molecular complexity index is 446. The minimum atomic E-state index is 0.170. The van der Waals surface area contributed by atoms with E-state index in [-0.39, 0.29) is 11.4 Å².